The zero-order valence-corrected chi connectivity index (χ0v) is 7.77. The summed E-state index contributed by atoms with van der Waals surface area (Å²) in [6.45, 7) is 3.26. The summed E-state index contributed by atoms with van der Waals surface area (Å²) in [7, 11) is 5.52. The van der Waals surface area contributed by atoms with Crippen LogP contribution in [0.2, 0.25) is 0 Å². The van der Waals surface area contributed by atoms with Crippen molar-refractivity contribution < 1.29 is 0 Å². The Morgan fingerprint density at radius 3 is 2.69 bits per heavy atom. The predicted molar refractivity (Wildman–Crippen MR) is 53.5 cm³/mol. The molecule has 1 atom stereocenters. The molecule has 1 aliphatic rings. The Balaban J connectivity index is 2.20. The average molecular weight is 173 g/mol. The van der Waals surface area contributed by atoms with Crippen molar-refractivity contribution in [2.45, 2.75) is 25.8 Å². The Morgan fingerprint density at radius 1 is 1.46 bits per heavy atom. The largest absolute Gasteiger partial charge is 0.338 e. The van der Waals surface area contributed by atoms with Crippen LogP contribution in [-0.2, 0) is 0 Å². The van der Waals surface area contributed by atoms with E-state index in [1.165, 1.54) is 12.8 Å². The normalized spacial score (nSPS) is 22.2. The van der Waals surface area contributed by atoms with Crippen LogP contribution in [0.15, 0.2) is 12.4 Å². The van der Waals surface area contributed by atoms with E-state index in [0.717, 1.165) is 12.5 Å². The lowest BCUT2D eigenvalue weighted by atomic mass is 10.0. The number of hydrogen-bond acceptors (Lipinski definition) is 3. The second-order valence-corrected chi connectivity index (χ2v) is 3.50. The van der Waals surface area contributed by atoms with Gasteiger partial charge in [-0.25, -0.2) is 9.97 Å². The highest BCUT2D eigenvalue weighted by atomic mass is 15.3. The number of rotatable bonds is 1. The molecule has 1 aromatic heterocycles. The van der Waals surface area contributed by atoms with Crippen molar-refractivity contribution in [1.29, 1.82) is 0 Å². The fraction of sp³-hybridized carbons (Fsp3) is 0.556. The Hall–Kier alpha value is -1.06. The fourth-order valence-corrected chi connectivity index (χ4v) is 1.71. The van der Waals surface area contributed by atoms with Crippen LogP contribution in [0.3, 0.4) is 0 Å². The molecule has 66 valence electrons. The van der Waals surface area contributed by atoms with Gasteiger partial charge in [0.15, 0.2) is 0 Å². The van der Waals surface area contributed by atoms with Gasteiger partial charge < -0.3 is 4.90 Å². The third-order valence-corrected chi connectivity index (χ3v) is 2.47. The summed E-state index contributed by atoms with van der Waals surface area (Å²) >= 11 is 0. The van der Waals surface area contributed by atoms with Crippen LogP contribution in [0.5, 0.6) is 0 Å². The Labute approximate surface area is 79.6 Å². The van der Waals surface area contributed by atoms with Crippen LogP contribution >= 0.6 is 0 Å². The molecular weight excluding hydrogens is 161 g/mol. The summed E-state index contributed by atoms with van der Waals surface area (Å²) in [5, 5.41) is 0. The van der Waals surface area contributed by atoms with Crippen LogP contribution in [0.4, 0.5) is 5.95 Å². The molecule has 2 heterocycles. The monoisotopic (exact) mass is 173 g/mol. The zero-order valence-electron chi connectivity index (χ0n) is 7.77. The maximum atomic E-state index is 5.52. The van der Waals surface area contributed by atoms with Gasteiger partial charge in [0.05, 0.1) is 0 Å². The van der Waals surface area contributed by atoms with Crippen LogP contribution < -0.4 is 10.4 Å². The van der Waals surface area contributed by atoms with Crippen molar-refractivity contribution in [3.63, 3.8) is 0 Å². The van der Waals surface area contributed by atoms with E-state index in [4.69, 9.17) is 7.85 Å². The summed E-state index contributed by atoms with van der Waals surface area (Å²) in [5.74, 6) is 0.805. The van der Waals surface area contributed by atoms with Gasteiger partial charge in [-0.05, 0) is 19.8 Å². The first-order valence-corrected chi connectivity index (χ1v) is 4.61. The van der Waals surface area contributed by atoms with Crippen molar-refractivity contribution in [3.8, 4) is 0 Å². The second-order valence-electron chi connectivity index (χ2n) is 3.50. The fourth-order valence-electron chi connectivity index (χ4n) is 1.71. The molecular formula is C9H12BN3. The minimum absolute atomic E-state index is 0.559. The summed E-state index contributed by atoms with van der Waals surface area (Å²) in [5.41, 5.74) is 0.621. The molecule has 0 aromatic carbocycles. The SMILES string of the molecule is [B]c1cnc(N2CCC[C@H]2C)nc1. The lowest BCUT2D eigenvalue weighted by molar-refractivity contribution is 0.717. The summed E-state index contributed by atoms with van der Waals surface area (Å²) in [6.07, 6.45) is 5.78. The highest BCUT2D eigenvalue weighted by molar-refractivity contribution is 6.31. The van der Waals surface area contributed by atoms with Gasteiger partial charge >= 0.3 is 0 Å². The van der Waals surface area contributed by atoms with Gasteiger partial charge in [0.2, 0.25) is 5.95 Å². The van der Waals surface area contributed by atoms with Gasteiger partial charge in [0, 0.05) is 25.0 Å². The van der Waals surface area contributed by atoms with Crippen molar-refractivity contribution in [3.05, 3.63) is 12.4 Å². The topological polar surface area (TPSA) is 29.0 Å². The Morgan fingerprint density at radius 2 is 2.15 bits per heavy atom. The third kappa shape index (κ3) is 1.66. The minimum Gasteiger partial charge on any atom is -0.338 e. The molecule has 0 amide bonds. The van der Waals surface area contributed by atoms with Crippen molar-refractivity contribution in [1.82, 2.24) is 9.97 Å². The number of aromatic nitrogens is 2. The van der Waals surface area contributed by atoms with Crippen LogP contribution in [0, 0.1) is 0 Å². The van der Waals surface area contributed by atoms with Crippen LogP contribution in [0.25, 0.3) is 0 Å². The van der Waals surface area contributed by atoms with Gasteiger partial charge in [0.25, 0.3) is 0 Å². The average Bonchev–Trinajstić information content (AvgIpc) is 2.53. The summed E-state index contributed by atoms with van der Waals surface area (Å²) in [6, 6.07) is 0.559. The van der Waals surface area contributed by atoms with E-state index in [2.05, 4.69) is 21.8 Å². The lowest BCUT2D eigenvalue weighted by Gasteiger charge is -2.20. The zero-order chi connectivity index (χ0) is 9.26. The van der Waals surface area contributed by atoms with E-state index in [9.17, 15) is 0 Å². The molecule has 2 rings (SSSR count). The molecule has 2 radical (unpaired) electrons. The van der Waals surface area contributed by atoms with Gasteiger partial charge in [-0.2, -0.15) is 0 Å². The molecule has 0 bridgehead atoms. The molecule has 1 aromatic rings. The smallest absolute Gasteiger partial charge is 0.225 e. The van der Waals surface area contributed by atoms with Gasteiger partial charge in [-0.1, -0.05) is 5.46 Å². The maximum absolute atomic E-state index is 5.52. The first kappa shape index (κ1) is 8.54. The molecule has 4 heteroatoms. The highest BCUT2D eigenvalue weighted by Crippen LogP contribution is 2.20. The Bertz CT molecular complexity index is 285. The first-order valence-electron chi connectivity index (χ1n) is 4.61. The van der Waals surface area contributed by atoms with Crippen LogP contribution in [0.1, 0.15) is 19.8 Å². The molecule has 1 aliphatic heterocycles. The van der Waals surface area contributed by atoms with E-state index in [0.29, 0.717) is 11.5 Å². The van der Waals surface area contributed by atoms with Gasteiger partial charge in [0.1, 0.15) is 7.85 Å². The van der Waals surface area contributed by atoms with E-state index in [-0.39, 0.29) is 0 Å². The molecule has 0 spiro atoms. The Kier molecular flexibility index (Phi) is 2.21. The van der Waals surface area contributed by atoms with Crippen molar-refractivity contribution in [2.24, 2.45) is 0 Å². The molecule has 0 N–H and O–H groups in total. The molecule has 1 fully saturated rings. The molecule has 0 aliphatic carbocycles. The predicted octanol–water partition coefficient (Wildman–Crippen LogP) is 0.259. The van der Waals surface area contributed by atoms with E-state index < -0.39 is 0 Å². The molecule has 0 saturated carbocycles. The van der Waals surface area contributed by atoms with Crippen molar-refractivity contribution >= 4 is 19.3 Å². The number of nitrogens with zero attached hydrogens (tertiary/aromatic N) is 3. The van der Waals surface area contributed by atoms with Gasteiger partial charge in [-0.3, -0.25) is 0 Å². The lowest BCUT2D eigenvalue weighted by Crippen LogP contribution is -2.28. The van der Waals surface area contributed by atoms with E-state index in [1.54, 1.807) is 12.4 Å². The molecule has 0 unspecified atom stereocenters. The summed E-state index contributed by atoms with van der Waals surface area (Å²) < 4.78 is 0. The third-order valence-electron chi connectivity index (χ3n) is 2.47. The highest BCUT2D eigenvalue weighted by Gasteiger charge is 2.21. The summed E-state index contributed by atoms with van der Waals surface area (Å²) in [4.78, 5) is 10.6. The minimum atomic E-state index is 0.559. The molecule has 13 heavy (non-hydrogen) atoms. The maximum Gasteiger partial charge on any atom is 0.225 e. The van der Waals surface area contributed by atoms with Crippen molar-refractivity contribution in [2.75, 3.05) is 11.4 Å². The second kappa shape index (κ2) is 3.36. The number of hydrogen-bond donors (Lipinski definition) is 0. The van der Waals surface area contributed by atoms with E-state index in [1.807, 2.05) is 0 Å². The molecule has 1 saturated heterocycles. The number of anilines is 1. The molecule has 3 nitrogen and oxygen atoms in total. The van der Waals surface area contributed by atoms with Gasteiger partial charge in [-0.15, -0.1) is 0 Å². The first-order chi connectivity index (χ1) is 6.27. The quantitative estimate of drug-likeness (QED) is 0.570. The van der Waals surface area contributed by atoms with Crippen LogP contribution in [-0.4, -0.2) is 30.4 Å². The standard InChI is InChI=1S/C9H12BN3/c1-7-3-2-4-13(7)9-11-5-8(10)6-12-9/h5-7H,2-4H2,1H3/t7-/m1/s1. The van der Waals surface area contributed by atoms with E-state index >= 15 is 0 Å².